The molecule has 2 aliphatic rings. The van der Waals surface area contributed by atoms with Gasteiger partial charge in [-0.2, -0.15) is 4.98 Å². The van der Waals surface area contributed by atoms with Crippen LogP contribution in [0.25, 0.3) is 0 Å². The van der Waals surface area contributed by atoms with Crippen molar-refractivity contribution in [3.63, 3.8) is 0 Å². The summed E-state index contributed by atoms with van der Waals surface area (Å²) in [5, 5.41) is 0. The minimum atomic E-state index is 0.857. The molecule has 2 saturated heterocycles. The van der Waals surface area contributed by atoms with Crippen molar-refractivity contribution in [1.29, 1.82) is 0 Å². The van der Waals surface area contributed by atoms with Crippen molar-refractivity contribution in [3.8, 4) is 0 Å². The summed E-state index contributed by atoms with van der Waals surface area (Å²) >= 11 is 0. The molecule has 0 atom stereocenters. The van der Waals surface area contributed by atoms with E-state index in [2.05, 4.69) is 29.7 Å². The highest BCUT2D eigenvalue weighted by molar-refractivity contribution is 5.44. The van der Waals surface area contributed by atoms with E-state index >= 15 is 0 Å². The van der Waals surface area contributed by atoms with Gasteiger partial charge in [0, 0.05) is 70.6 Å². The molecule has 2 fully saturated rings. The predicted octanol–water partition coefficient (Wildman–Crippen LogP) is 1.58. The van der Waals surface area contributed by atoms with Crippen LogP contribution in [-0.2, 0) is 6.54 Å². The van der Waals surface area contributed by atoms with E-state index in [0.717, 1.165) is 63.3 Å². The highest BCUT2D eigenvalue weighted by Crippen LogP contribution is 2.20. The average molecular weight is 339 g/mol. The van der Waals surface area contributed by atoms with Gasteiger partial charge in [-0.05, 0) is 25.3 Å². The van der Waals surface area contributed by atoms with Crippen LogP contribution < -0.4 is 9.80 Å². The predicted molar refractivity (Wildman–Crippen MR) is 97.6 cm³/mol. The molecule has 0 unspecified atom stereocenters. The largest absolute Gasteiger partial charge is 0.356 e. The van der Waals surface area contributed by atoms with Crippen LogP contribution in [0.15, 0.2) is 30.9 Å². The van der Waals surface area contributed by atoms with Crippen molar-refractivity contribution in [3.05, 3.63) is 36.5 Å². The minimum absolute atomic E-state index is 0.857. The Balaban J connectivity index is 1.36. The number of hydrogen-bond donors (Lipinski definition) is 0. The van der Waals surface area contributed by atoms with Crippen molar-refractivity contribution in [2.75, 3.05) is 49.1 Å². The van der Waals surface area contributed by atoms with Crippen LogP contribution in [0.1, 0.15) is 25.0 Å². The molecule has 132 valence electrons. The Labute approximate surface area is 148 Å². The van der Waals surface area contributed by atoms with E-state index in [1.165, 1.54) is 19.3 Å². The van der Waals surface area contributed by atoms with Crippen LogP contribution in [-0.4, -0.2) is 64.1 Å². The van der Waals surface area contributed by atoms with E-state index in [4.69, 9.17) is 4.98 Å². The third-order valence-corrected chi connectivity index (χ3v) is 4.97. The van der Waals surface area contributed by atoms with Gasteiger partial charge in [0.15, 0.2) is 0 Å². The highest BCUT2D eigenvalue weighted by atomic mass is 15.3. The molecule has 2 aromatic rings. The zero-order valence-electron chi connectivity index (χ0n) is 14.6. The fraction of sp³-hybridized carbons (Fsp3) is 0.556. The lowest BCUT2D eigenvalue weighted by molar-refractivity contribution is 0.245. The second-order valence-corrected chi connectivity index (χ2v) is 6.72. The first-order valence-electron chi connectivity index (χ1n) is 9.19. The molecular weight excluding hydrogens is 314 g/mol. The smallest absolute Gasteiger partial charge is 0.227 e. The first-order valence-corrected chi connectivity index (χ1v) is 9.19. The standard InChI is InChI=1S/C18H25N7/c1-2-8-24(9-3-1)17-4-5-21-18(22-17)25-12-10-23(11-13-25)15-16-14-19-6-7-20-16/h4-7,14H,1-3,8-13,15H2. The fourth-order valence-corrected chi connectivity index (χ4v) is 3.54. The SMILES string of the molecule is c1cnc(CN2CCN(c3nccc(N4CCCCC4)n3)CC2)cn1. The summed E-state index contributed by atoms with van der Waals surface area (Å²) in [6, 6.07) is 2.04. The maximum absolute atomic E-state index is 4.83. The Morgan fingerprint density at radius 3 is 2.40 bits per heavy atom. The van der Waals surface area contributed by atoms with E-state index in [1.54, 1.807) is 12.4 Å². The summed E-state index contributed by atoms with van der Waals surface area (Å²) in [6.45, 7) is 6.97. The number of aromatic nitrogens is 4. The lowest BCUT2D eigenvalue weighted by Crippen LogP contribution is -2.46. The zero-order chi connectivity index (χ0) is 16.9. The van der Waals surface area contributed by atoms with Crippen LogP contribution in [0.5, 0.6) is 0 Å². The van der Waals surface area contributed by atoms with E-state index in [9.17, 15) is 0 Å². The molecule has 0 saturated carbocycles. The van der Waals surface area contributed by atoms with Gasteiger partial charge in [-0.15, -0.1) is 0 Å². The molecule has 2 aliphatic heterocycles. The number of rotatable bonds is 4. The lowest BCUT2D eigenvalue weighted by atomic mass is 10.1. The maximum atomic E-state index is 4.83. The average Bonchev–Trinajstić information content (AvgIpc) is 2.70. The molecule has 0 spiro atoms. The molecule has 4 rings (SSSR count). The van der Waals surface area contributed by atoms with Crippen molar-refractivity contribution >= 4 is 11.8 Å². The number of anilines is 2. The van der Waals surface area contributed by atoms with E-state index in [0.29, 0.717) is 0 Å². The second kappa shape index (κ2) is 7.74. The Morgan fingerprint density at radius 2 is 1.64 bits per heavy atom. The highest BCUT2D eigenvalue weighted by Gasteiger charge is 2.20. The van der Waals surface area contributed by atoms with Gasteiger partial charge in [0.25, 0.3) is 0 Å². The molecule has 2 aromatic heterocycles. The number of piperazine rings is 1. The second-order valence-electron chi connectivity index (χ2n) is 6.72. The molecule has 0 bridgehead atoms. The summed E-state index contributed by atoms with van der Waals surface area (Å²) < 4.78 is 0. The van der Waals surface area contributed by atoms with Gasteiger partial charge >= 0.3 is 0 Å². The molecule has 7 nitrogen and oxygen atoms in total. The fourth-order valence-electron chi connectivity index (χ4n) is 3.54. The van der Waals surface area contributed by atoms with Gasteiger partial charge in [0.1, 0.15) is 5.82 Å². The molecule has 25 heavy (non-hydrogen) atoms. The van der Waals surface area contributed by atoms with Crippen LogP contribution >= 0.6 is 0 Å². The Bertz CT molecular complexity index is 664. The van der Waals surface area contributed by atoms with Crippen molar-refractivity contribution in [1.82, 2.24) is 24.8 Å². The summed E-state index contributed by atoms with van der Waals surface area (Å²) in [7, 11) is 0. The molecule has 7 heteroatoms. The van der Waals surface area contributed by atoms with E-state index in [1.807, 2.05) is 18.5 Å². The van der Waals surface area contributed by atoms with Crippen LogP contribution in [0.3, 0.4) is 0 Å². The molecule has 0 aliphatic carbocycles. The van der Waals surface area contributed by atoms with Gasteiger partial charge in [0.05, 0.1) is 5.69 Å². The molecule has 0 amide bonds. The topological polar surface area (TPSA) is 61.3 Å². The van der Waals surface area contributed by atoms with Crippen LogP contribution in [0, 0.1) is 0 Å². The number of piperidine rings is 1. The Hall–Kier alpha value is -2.28. The van der Waals surface area contributed by atoms with Gasteiger partial charge in [0.2, 0.25) is 5.95 Å². The third kappa shape index (κ3) is 4.04. The summed E-state index contributed by atoms with van der Waals surface area (Å²) in [5.74, 6) is 1.94. The normalized spacial score (nSPS) is 19.2. The number of hydrogen-bond acceptors (Lipinski definition) is 7. The van der Waals surface area contributed by atoms with Gasteiger partial charge in [-0.25, -0.2) is 4.98 Å². The van der Waals surface area contributed by atoms with Gasteiger partial charge in [-0.1, -0.05) is 0 Å². The zero-order valence-corrected chi connectivity index (χ0v) is 14.6. The van der Waals surface area contributed by atoms with Crippen LogP contribution in [0.2, 0.25) is 0 Å². The quantitative estimate of drug-likeness (QED) is 0.838. The summed E-state index contributed by atoms with van der Waals surface area (Å²) in [5.41, 5.74) is 1.03. The van der Waals surface area contributed by atoms with Crippen molar-refractivity contribution < 1.29 is 0 Å². The Kier molecular flexibility index (Phi) is 5.01. The maximum Gasteiger partial charge on any atom is 0.227 e. The molecule has 0 radical (unpaired) electrons. The van der Waals surface area contributed by atoms with E-state index < -0.39 is 0 Å². The van der Waals surface area contributed by atoms with E-state index in [-0.39, 0.29) is 0 Å². The lowest BCUT2D eigenvalue weighted by Gasteiger charge is -2.35. The minimum Gasteiger partial charge on any atom is -0.356 e. The summed E-state index contributed by atoms with van der Waals surface area (Å²) in [4.78, 5) is 24.9. The molecule has 0 aromatic carbocycles. The number of nitrogens with zero attached hydrogens (tertiary/aromatic N) is 7. The molecule has 4 heterocycles. The monoisotopic (exact) mass is 339 g/mol. The first-order chi connectivity index (χ1) is 12.4. The first kappa shape index (κ1) is 16.2. The van der Waals surface area contributed by atoms with Gasteiger partial charge in [-0.3, -0.25) is 14.9 Å². The molecule has 0 N–H and O–H groups in total. The molecular formula is C18H25N7. The van der Waals surface area contributed by atoms with Crippen LogP contribution in [0.4, 0.5) is 11.8 Å². The van der Waals surface area contributed by atoms with Crippen molar-refractivity contribution in [2.45, 2.75) is 25.8 Å². The third-order valence-electron chi connectivity index (χ3n) is 4.97. The van der Waals surface area contributed by atoms with Gasteiger partial charge < -0.3 is 9.80 Å². The summed E-state index contributed by atoms with van der Waals surface area (Å²) in [6.07, 6.45) is 11.1. The Morgan fingerprint density at radius 1 is 0.800 bits per heavy atom. The van der Waals surface area contributed by atoms with Crippen molar-refractivity contribution in [2.24, 2.45) is 0 Å².